The van der Waals surface area contributed by atoms with Crippen LogP contribution in [0.4, 0.5) is 0 Å². The van der Waals surface area contributed by atoms with Crippen LogP contribution in [0.15, 0.2) is 0 Å². The maximum Gasteiger partial charge on any atom is 0.0169 e. The number of rotatable bonds is 4. The van der Waals surface area contributed by atoms with Crippen LogP contribution in [-0.2, 0) is 0 Å². The molecule has 106 valence electrons. The van der Waals surface area contributed by atoms with Gasteiger partial charge in [0.25, 0.3) is 0 Å². The summed E-state index contributed by atoms with van der Waals surface area (Å²) < 4.78 is 0. The van der Waals surface area contributed by atoms with Gasteiger partial charge >= 0.3 is 0 Å². The second-order valence-electron chi connectivity index (χ2n) is 7.57. The van der Waals surface area contributed by atoms with Crippen molar-refractivity contribution in [2.75, 3.05) is 19.6 Å². The Morgan fingerprint density at radius 1 is 1.28 bits per heavy atom. The number of nitrogens with zero attached hydrogens (tertiary/aromatic N) is 1. The van der Waals surface area contributed by atoms with Crippen molar-refractivity contribution < 1.29 is 0 Å². The first-order valence-electron chi connectivity index (χ1n) is 7.95. The summed E-state index contributed by atoms with van der Waals surface area (Å²) in [5, 5.41) is 3.89. The van der Waals surface area contributed by atoms with E-state index in [0.29, 0.717) is 11.5 Å². The van der Waals surface area contributed by atoms with Crippen LogP contribution in [0.1, 0.15) is 59.8 Å². The van der Waals surface area contributed by atoms with Crippen molar-refractivity contribution >= 4 is 0 Å². The van der Waals surface area contributed by atoms with Gasteiger partial charge in [-0.15, -0.1) is 0 Å². The summed E-state index contributed by atoms with van der Waals surface area (Å²) in [6.45, 7) is 13.5. The molecule has 2 rings (SSSR count). The fourth-order valence-electron chi connectivity index (χ4n) is 3.96. The highest BCUT2D eigenvalue weighted by Crippen LogP contribution is 2.38. The quantitative estimate of drug-likeness (QED) is 0.826. The summed E-state index contributed by atoms with van der Waals surface area (Å²) in [7, 11) is 0. The smallest absolute Gasteiger partial charge is 0.0169 e. The van der Waals surface area contributed by atoms with Gasteiger partial charge in [-0.1, -0.05) is 20.8 Å². The molecule has 1 N–H and O–H groups in total. The molecule has 2 fully saturated rings. The normalized spacial score (nSPS) is 34.7. The van der Waals surface area contributed by atoms with Gasteiger partial charge in [-0.2, -0.15) is 0 Å². The predicted octanol–water partition coefficient (Wildman–Crippen LogP) is 3.28. The molecule has 2 aliphatic rings. The number of hydrogen-bond acceptors (Lipinski definition) is 2. The van der Waals surface area contributed by atoms with Gasteiger partial charge in [0, 0.05) is 18.6 Å². The molecule has 1 aliphatic carbocycles. The fraction of sp³-hybridized carbons (Fsp3) is 1.00. The van der Waals surface area contributed by atoms with E-state index in [1.807, 2.05) is 0 Å². The monoisotopic (exact) mass is 252 g/mol. The highest BCUT2D eigenvalue weighted by atomic mass is 15.2. The van der Waals surface area contributed by atoms with E-state index >= 15 is 0 Å². The highest BCUT2D eigenvalue weighted by Gasteiger charge is 2.32. The van der Waals surface area contributed by atoms with Crippen LogP contribution in [0.5, 0.6) is 0 Å². The first-order chi connectivity index (χ1) is 8.46. The first kappa shape index (κ1) is 14.3. The van der Waals surface area contributed by atoms with E-state index in [0.717, 1.165) is 12.0 Å². The minimum Gasteiger partial charge on any atom is -0.310 e. The molecule has 0 aromatic rings. The Labute approximate surface area is 114 Å². The lowest BCUT2D eigenvalue weighted by Crippen LogP contribution is -2.48. The maximum atomic E-state index is 3.89. The summed E-state index contributed by atoms with van der Waals surface area (Å²) in [6.07, 6.45) is 6.92. The summed E-state index contributed by atoms with van der Waals surface area (Å²) in [5.74, 6) is 0.828. The number of likely N-dealkylation sites (tertiary alicyclic amines) is 1. The Morgan fingerprint density at radius 3 is 2.56 bits per heavy atom. The number of nitrogens with one attached hydrogen (secondary N) is 1. The van der Waals surface area contributed by atoms with Gasteiger partial charge in [0.05, 0.1) is 0 Å². The molecule has 1 saturated carbocycles. The average Bonchev–Trinajstić information content (AvgIpc) is 2.74. The van der Waals surface area contributed by atoms with E-state index in [2.05, 4.69) is 37.9 Å². The lowest BCUT2D eigenvalue weighted by molar-refractivity contribution is 0.137. The second-order valence-corrected chi connectivity index (χ2v) is 7.57. The molecule has 0 bridgehead atoms. The van der Waals surface area contributed by atoms with Crippen LogP contribution < -0.4 is 5.32 Å². The largest absolute Gasteiger partial charge is 0.310 e. The molecule has 1 heterocycles. The summed E-state index contributed by atoms with van der Waals surface area (Å²) in [5.41, 5.74) is 0.565. The van der Waals surface area contributed by atoms with Crippen molar-refractivity contribution in [1.29, 1.82) is 0 Å². The van der Waals surface area contributed by atoms with Gasteiger partial charge < -0.3 is 10.2 Å². The lowest BCUT2D eigenvalue weighted by Gasteiger charge is -2.41. The van der Waals surface area contributed by atoms with Gasteiger partial charge in [-0.25, -0.2) is 0 Å². The minimum atomic E-state index is 0.565. The molecule has 3 atom stereocenters. The molecule has 2 nitrogen and oxygen atoms in total. The van der Waals surface area contributed by atoms with Crippen LogP contribution in [0.3, 0.4) is 0 Å². The highest BCUT2D eigenvalue weighted by molar-refractivity contribution is 4.88. The molecule has 3 unspecified atom stereocenters. The SMILES string of the molecule is CC(CN1CCCC1)NC1CCC(C)(C)CC1C. The lowest BCUT2D eigenvalue weighted by atomic mass is 9.70. The van der Waals surface area contributed by atoms with Crippen molar-refractivity contribution in [3.05, 3.63) is 0 Å². The second kappa shape index (κ2) is 5.92. The molecular formula is C16H32N2. The molecule has 0 aromatic heterocycles. The molecule has 0 spiro atoms. The van der Waals surface area contributed by atoms with E-state index in [9.17, 15) is 0 Å². The fourth-order valence-corrected chi connectivity index (χ4v) is 3.96. The van der Waals surface area contributed by atoms with Gasteiger partial charge in [0.1, 0.15) is 0 Å². The molecule has 1 aliphatic heterocycles. The topological polar surface area (TPSA) is 15.3 Å². The Balaban J connectivity index is 1.75. The van der Waals surface area contributed by atoms with Crippen LogP contribution in [0, 0.1) is 11.3 Å². The number of hydrogen-bond donors (Lipinski definition) is 1. The molecule has 0 radical (unpaired) electrons. The van der Waals surface area contributed by atoms with Crippen molar-refractivity contribution in [3.8, 4) is 0 Å². The Bertz CT molecular complexity index is 256. The third-order valence-electron chi connectivity index (χ3n) is 4.92. The van der Waals surface area contributed by atoms with Crippen LogP contribution >= 0.6 is 0 Å². The Morgan fingerprint density at radius 2 is 1.94 bits per heavy atom. The maximum absolute atomic E-state index is 3.89. The molecule has 2 heteroatoms. The zero-order valence-corrected chi connectivity index (χ0v) is 12.8. The Hall–Kier alpha value is -0.0800. The molecule has 1 saturated heterocycles. The predicted molar refractivity (Wildman–Crippen MR) is 78.9 cm³/mol. The molecular weight excluding hydrogens is 220 g/mol. The van der Waals surface area contributed by atoms with Crippen molar-refractivity contribution in [2.24, 2.45) is 11.3 Å². The zero-order chi connectivity index (χ0) is 13.2. The summed E-state index contributed by atoms with van der Waals surface area (Å²) >= 11 is 0. The zero-order valence-electron chi connectivity index (χ0n) is 12.8. The van der Waals surface area contributed by atoms with Crippen molar-refractivity contribution in [1.82, 2.24) is 10.2 Å². The van der Waals surface area contributed by atoms with Gasteiger partial charge in [0.15, 0.2) is 0 Å². The molecule has 0 amide bonds. The third kappa shape index (κ3) is 3.96. The van der Waals surface area contributed by atoms with E-state index < -0.39 is 0 Å². The van der Waals surface area contributed by atoms with Gasteiger partial charge in [-0.05, 0) is 63.5 Å². The first-order valence-corrected chi connectivity index (χ1v) is 7.95. The summed E-state index contributed by atoms with van der Waals surface area (Å²) in [6, 6.07) is 1.40. The van der Waals surface area contributed by atoms with Gasteiger partial charge in [0.2, 0.25) is 0 Å². The van der Waals surface area contributed by atoms with Gasteiger partial charge in [-0.3, -0.25) is 0 Å². The molecule has 18 heavy (non-hydrogen) atoms. The Kier molecular flexibility index (Phi) is 4.71. The average molecular weight is 252 g/mol. The molecule has 0 aromatic carbocycles. The minimum absolute atomic E-state index is 0.565. The van der Waals surface area contributed by atoms with Crippen molar-refractivity contribution in [3.63, 3.8) is 0 Å². The standard InChI is InChI=1S/C16H32N2/c1-13-11-16(3,4)8-7-15(13)17-14(2)12-18-9-5-6-10-18/h13-15,17H,5-12H2,1-4H3. The van der Waals surface area contributed by atoms with E-state index in [1.165, 1.54) is 51.7 Å². The summed E-state index contributed by atoms with van der Waals surface area (Å²) in [4.78, 5) is 2.62. The van der Waals surface area contributed by atoms with E-state index in [-0.39, 0.29) is 0 Å². The van der Waals surface area contributed by atoms with Crippen LogP contribution in [0.2, 0.25) is 0 Å². The van der Waals surface area contributed by atoms with E-state index in [1.54, 1.807) is 0 Å². The van der Waals surface area contributed by atoms with E-state index in [4.69, 9.17) is 0 Å². The third-order valence-corrected chi connectivity index (χ3v) is 4.92. The van der Waals surface area contributed by atoms with Crippen LogP contribution in [0.25, 0.3) is 0 Å². The van der Waals surface area contributed by atoms with Crippen LogP contribution in [-0.4, -0.2) is 36.6 Å². The van der Waals surface area contributed by atoms with Crippen molar-refractivity contribution in [2.45, 2.75) is 71.9 Å².